The molecule has 1 atom stereocenters. The molecular formula is C20H15F3N4O2. The molecule has 0 aliphatic carbocycles. The van der Waals surface area contributed by atoms with Gasteiger partial charge >= 0.3 is 5.92 Å². The lowest BCUT2D eigenvalue weighted by molar-refractivity contribution is -0.148. The number of carbonyl (C=O) groups excluding carboxylic acids is 1. The van der Waals surface area contributed by atoms with Crippen LogP contribution in [0.25, 0.3) is 10.9 Å². The summed E-state index contributed by atoms with van der Waals surface area (Å²) in [4.78, 5) is 30.8. The summed E-state index contributed by atoms with van der Waals surface area (Å²) in [7, 11) is 0. The molecule has 0 aliphatic rings. The normalized spacial score (nSPS) is 12.4. The summed E-state index contributed by atoms with van der Waals surface area (Å²) in [6.45, 7) is 2.65. The van der Waals surface area contributed by atoms with Gasteiger partial charge in [0.15, 0.2) is 0 Å². The first-order chi connectivity index (χ1) is 13.6. The number of nitrogens with one attached hydrogen (secondary N) is 2. The molecule has 0 radical (unpaired) electrons. The molecule has 148 valence electrons. The number of aromatic amines is 1. The van der Waals surface area contributed by atoms with E-state index in [4.69, 9.17) is 5.26 Å². The van der Waals surface area contributed by atoms with Gasteiger partial charge in [-0.25, -0.2) is 4.39 Å². The Morgan fingerprint density at radius 1 is 1.31 bits per heavy atom. The summed E-state index contributed by atoms with van der Waals surface area (Å²) in [6, 6.07) is 7.10. The standard InChI is InChI=1S/C20H15F3N4O2/c1-10-14-8-13(21)3-4-15(14)27-18(28)17(10)20(22,23)19(29)26-11(2)16-7-12(9-24)5-6-25-16/h3-8,11H,1-2H3,(H,26,29)(H,27,28)/t11-/m1/s1. The van der Waals surface area contributed by atoms with Gasteiger partial charge in [-0.3, -0.25) is 14.6 Å². The number of nitrogens with zero attached hydrogens (tertiary/aromatic N) is 2. The summed E-state index contributed by atoms with van der Waals surface area (Å²) in [5, 5.41) is 11.1. The summed E-state index contributed by atoms with van der Waals surface area (Å²) in [6.07, 6.45) is 1.32. The molecule has 0 unspecified atom stereocenters. The highest BCUT2D eigenvalue weighted by Crippen LogP contribution is 2.32. The lowest BCUT2D eigenvalue weighted by Gasteiger charge is -2.21. The van der Waals surface area contributed by atoms with Crippen molar-refractivity contribution in [1.29, 1.82) is 5.26 Å². The van der Waals surface area contributed by atoms with Crippen molar-refractivity contribution in [3.63, 3.8) is 0 Å². The van der Waals surface area contributed by atoms with Crippen molar-refractivity contribution in [2.24, 2.45) is 0 Å². The number of alkyl halides is 2. The molecule has 1 aromatic carbocycles. The van der Waals surface area contributed by atoms with Crippen LogP contribution in [0.1, 0.15) is 35.3 Å². The minimum absolute atomic E-state index is 0.0727. The molecule has 0 aliphatic heterocycles. The highest BCUT2D eigenvalue weighted by Gasteiger charge is 2.45. The predicted octanol–water partition coefficient (Wildman–Crippen LogP) is 3.21. The maximum absolute atomic E-state index is 14.9. The maximum atomic E-state index is 14.9. The zero-order chi connectivity index (χ0) is 21.3. The number of aromatic nitrogens is 2. The molecule has 6 nitrogen and oxygen atoms in total. The number of hydrogen-bond donors (Lipinski definition) is 2. The fourth-order valence-corrected chi connectivity index (χ4v) is 3.03. The summed E-state index contributed by atoms with van der Waals surface area (Å²) < 4.78 is 43.4. The van der Waals surface area contributed by atoms with Crippen LogP contribution in [-0.2, 0) is 10.7 Å². The fraction of sp³-hybridized carbons (Fsp3) is 0.200. The molecule has 9 heteroatoms. The van der Waals surface area contributed by atoms with Crippen molar-refractivity contribution in [2.45, 2.75) is 25.8 Å². The zero-order valence-electron chi connectivity index (χ0n) is 15.4. The molecule has 3 rings (SSSR count). The number of hydrogen-bond acceptors (Lipinski definition) is 4. The number of amides is 1. The van der Waals surface area contributed by atoms with Crippen molar-refractivity contribution in [1.82, 2.24) is 15.3 Å². The molecule has 2 heterocycles. The van der Waals surface area contributed by atoms with Gasteiger partial charge in [0.2, 0.25) is 0 Å². The second-order valence-electron chi connectivity index (χ2n) is 6.49. The number of halogens is 3. The second kappa shape index (κ2) is 7.39. The van der Waals surface area contributed by atoms with Crippen LogP contribution in [0.4, 0.5) is 13.2 Å². The quantitative estimate of drug-likeness (QED) is 0.703. The van der Waals surface area contributed by atoms with E-state index in [1.54, 1.807) is 0 Å². The third-order valence-electron chi connectivity index (χ3n) is 4.54. The largest absolute Gasteiger partial charge is 0.355 e. The molecule has 2 aromatic heterocycles. The van der Waals surface area contributed by atoms with Crippen LogP contribution in [0, 0.1) is 24.1 Å². The Kier molecular flexibility index (Phi) is 5.12. The average Bonchev–Trinajstić information content (AvgIpc) is 2.68. The average molecular weight is 400 g/mol. The summed E-state index contributed by atoms with van der Waals surface area (Å²) in [5.41, 5.74) is -1.75. The Morgan fingerprint density at radius 2 is 2.03 bits per heavy atom. The number of H-pyrrole nitrogens is 1. The smallest absolute Gasteiger partial charge is 0.342 e. The van der Waals surface area contributed by atoms with E-state index in [1.165, 1.54) is 38.2 Å². The monoisotopic (exact) mass is 400 g/mol. The topological polar surface area (TPSA) is 98.6 Å². The van der Waals surface area contributed by atoms with Crippen LogP contribution in [0.15, 0.2) is 41.3 Å². The van der Waals surface area contributed by atoms with Gasteiger partial charge < -0.3 is 10.3 Å². The number of nitriles is 1. The Hall–Kier alpha value is -3.67. The molecule has 0 saturated heterocycles. The van der Waals surface area contributed by atoms with E-state index in [0.29, 0.717) is 0 Å². The van der Waals surface area contributed by atoms with Crippen molar-refractivity contribution in [3.8, 4) is 6.07 Å². The van der Waals surface area contributed by atoms with E-state index in [1.807, 2.05) is 6.07 Å². The van der Waals surface area contributed by atoms with E-state index in [-0.39, 0.29) is 27.7 Å². The number of rotatable bonds is 4. The highest BCUT2D eigenvalue weighted by molar-refractivity contribution is 5.89. The lowest BCUT2D eigenvalue weighted by atomic mass is 9.99. The van der Waals surface area contributed by atoms with E-state index in [0.717, 1.165) is 12.1 Å². The van der Waals surface area contributed by atoms with E-state index < -0.39 is 34.8 Å². The van der Waals surface area contributed by atoms with Gasteiger partial charge in [-0.15, -0.1) is 0 Å². The highest BCUT2D eigenvalue weighted by atomic mass is 19.3. The number of aryl methyl sites for hydroxylation is 1. The number of pyridine rings is 2. The molecule has 3 aromatic rings. The van der Waals surface area contributed by atoms with Gasteiger partial charge in [0.05, 0.1) is 28.9 Å². The first kappa shape index (κ1) is 20.1. The lowest BCUT2D eigenvalue weighted by Crippen LogP contribution is -2.43. The van der Waals surface area contributed by atoms with Crippen LogP contribution in [-0.4, -0.2) is 15.9 Å². The molecule has 2 N–H and O–H groups in total. The summed E-state index contributed by atoms with van der Waals surface area (Å²) >= 11 is 0. The van der Waals surface area contributed by atoms with Gasteiger partial charge in [-0.1, -0.05) is 0 Å². The van der Waals surface area contributed by atoms with E-state index >= 15 is 0 Å². The van der Waals surface area contributed by atoms with Crippen LogP contribution in [0.5, 0.6) is 0 Å². The van der Waals surface area contributed by atoms with Gasteiger partial charge in [-0.05, 0) is 49.7 Å². The van der Waals surface area contributed by atoms with Crippen molar-refractivity contribution in [3.05, 3.63) is 75.1 Å². The van der Waals surface area contributed by atoms with Gasteiger partial charge in [-0.2, -0.15) is 14.0 Å². The Balaban J connectivity index is 1.98. The number of fused-ring (bicyclic) bond motifs is 1. The Bertz CT molecular complexity index is 1210. The first-order valence-electron chi connectivity index (χ1n) is 8.52. The fourth-order valence-electron chi connectivity index (χ4n) is 3.03. The maximum Gasteiger partial charge on any atom is 0.355 e. The zero-order valence-corrected chi connectivity index (χ0v) is 15.4. The Labute approximate surface area is 163 Å². The molecule has 29 heavy (non-hydrogen) atoms. The van der Waals surface area contributed by atoms with E-state index in [2.05, 4.69) is 15.3 Å². The molecule has 0 fully saturated rings. The van der Waals surface area contributed by atoms with Crippen molar-refractivity contribution in [2.75, 3.05) is 0 Å². The van der Waals surface area contributed by atoms with Gasteiger partial charge in [0.1, 0.15) is 5.82 Å². The minimum Gasteiger partial charge on any atom is -0.342 e. The molecule has 0 spiro atoms. The Morgan fingerprint density at radius 3 is 2.72 bits per heavy atom. The third-order valence-corrected chi connectivity index (χ3v) is 4.54. The summed E-state index contributed by atoms with van der Waals surface area (Å²) in [5.74, 6) is -6.55. The van der Waals surface area contributed by atoms with E-state index in [9.17, 15) is 22.8 Å². The predicted molar refractivity (Wildman–Crippen MR) is 98.7 cm³/mol. The number of benzene rings is 1. The van der Waals surface area contributed by atoms with Gasteiger partial charge in [0, 0.05) is 17.1 Å². The van der Waals surface area contributed by atoms with Crippen molar-refractivity contribution >= 4 is 16.8 Å². The molecule has 1 amide bonds. The second-order valence-corrected chi connectivity index (χ2v) is 6.49. The minimum atomic E-state index is -4.18. The third kappa shape index (κ3) is 3.69. The van der Waals surface area contributed by atoms with Gasteiger partial charge in [0.25, 0.3) is 11.5 Å². The first-order valence-corrected chi connectivity index (χ1v) is 8.52. The van der Waals surface area contributed by atoms with Crippen LogP contribution in [0.3, 0.4) is 0 Å². The van der Waals surface area contributed by atoms with Crippen molar-refractivity contribution < 1.29 is 18.0 Å². The van der Waals surface area contributed by atoms with Crippen LogP contribution >= 0.6 is 0 Å². The SMILES string of the molecule is Cc1c(C(F)(F)C(=O)N[C@H](C)c2cc(C#N)ccn2)c(=O)[nH]c2ccc(F)cc12. The molecule has 0 bridgehead atoms. The van der Waals surface area contributed by atoms with Crippen LogP contribution in [0.2, 0.25) is 0 Å². The molecular weight excluding hydrogens is 385 g/mol. The number of carbonyl (C=O) groups is 1. The van der Waals surface area contributed by atoms with Crippen LogP contribution < -0.4 is 10.9 Å². The molecule has 0 saturated carbocycles.